The van der Waals surface area contributed by atoms with Crippen LogP contribution in [-0.2, 0) is 6.54 Å². The molecule has 1 heterocycles. The lowest BCUT2D eigenvalue weighted by atomic mass is 10.1. The number of nitrogens with zero attached hydrogens (tertiary/aromatic N) is 1. The van der Waals surface area contributed by atoms with Gasteiger partial charge in [-0.05, 0) is 89.5 Å². The Morgan fingerprint density at radius 1 is 1.25 bits per heavy atom. The zero-order valence-corrected chi connectivity index (χ0v) is 15.3. The van der Waals surface area contributed by atoms with Crippen molar-refractivity contribution in [3.8, 4) is 5.75 Å². The molecule has 0 aliphatic carbocycles. The molecule has 5 heteroatoms. The van der Waals surface area contributed by atoms with Crippen LogP contribution in [-0.4, -0.2) is 37.7 Å². The van der Waals surface area contributed by atoms with Crippen molar-refractivity contribution in [2.24, 2.45) is 0 Å². The monoisotopic (exact) mass is 404 g/mol. The molecular formula is C15H22Br2N2O. The van der Waals surface area contributed by atoms with E-state index in [0.29, 0.717) is 12.6 Å². The SMILES string of the molecule is CCOc1c(Br)cc(CNC2CCN(C)CC2)cc1Br. The van der Waals surface area contributed by atoms with Crippen LogP contribution >= 0.6 is 31.9 Å². The fourth-order valence-corrected chi connectivity index (χ4v) is 3.98. The molecule has 1 N–H and O–H groups in total. The molecule has 3 nitrogen and oxygen atoms in total. The van der Waals surface area contributed by atoms with E-state index in [1.807, 2.05) is 6.92 Å². The van der Waals surface area contributed by atoms with Gasteiger partial charge in [0, 0.05) is 12.6 Å². The van der Waals surface area contributed by atoms with Crippen molar-refractivity contribution in [2.45, 2.75) is 32.4 Å². The highest BCUT2D eigenvalue weighted by Crippen LogP contribution is 2.34. The van der Waals surface area contributed by atoms with Gasteiger partial charge in [0.15, 0.2) is 0 Å². The summed E-state index contributed by atoms with van der Waals surface area (Å²) < 4.78 is 7.63. The molecular weight excluding hydrogens is 384 g/mol. The third kappa shape index (κ3) is 4.45. The summed E-state index contributed by atoms with van der Waals surface area (Å²) in [7, 11) is 2.19. The number of hydrogen-bond acceptors (Lipinski definition) is 3. The molecule has 1 saturated heterocycles. The van der Waals surface area contributed by atoms with E-state index in [-0.39, 0.29) is 0 Å². The predicted molar refractivity (Wildman–Crippen MR) is 90.4 cm³/mol. The molecule has 0 amide bonds. The number of hydrogen-bond donors (Lipinski definition) is 1. The first-order chi connectivity index (χ1) is 9.60. The van der Waals surface area contributed by atoms with Gasteiger partial charge in [0.1, 0.15) is 5.75 Å². The number of likely N-dealkylation sites (tertiary alicyclic amines) is 1. The second kappa shape index (κ2) is 7.78. The normalized spacial score (nSPS) is 17.4. The van der Waals surface area contributed by atoms with Crippen LogP contribution in [0, 0.1) is 0 Å². The van der Waals surface area contributed by atoms with Gasteiger partial charge in [-0.15, -0.1) is 0 Å². The summed E-state index contributed by atoms with van der Waals surface area (Å²) in [4.78, 5) is 2.39. The van der Waals surface area contributed by atoms with Crippen LogP contribution < -0.4 is 10.1 Å². The van der Waals surface area contributed by atoms with Gasteiger partial charge in [-0.1, -0.05) is 0 Å². The number of nitrogens with one attached hydrogen (secondary N) is 1. The maximum atomic E-state index is 5.61. The third-order valence-electron chi connectivity index (χ3n) is 3.66. The van der Waals surface area contributed by atoms with Crippen molar-refractivity contribution >= 4 is 31.9 Å². The average molecular weight is 406 g/mol. The predicted octanol–water partition coefficient (Wildman–Crippen LogP) is 3.79. The van der Waals surface area contributed by atoms with E-state index in [9.17, 15) is 0 Å². The fourth-order valence-electron chi connectivity index (χ4n) is 2.47. The quantitative estimate of drug-likeness (QED) is 0.806. The van der Waals surface area contributed by atoms with Crippen LogP contribution in [0.1, 0.15) is 25.3 Å². The van der Waals surface area contributed by atoms with E-state index >= 15 is 0 Å². The number of rotatable bonds is 5. The summed E-state index contributed by atoms with van der Waals surface area (Å²) in [6.07, 6.45) is 2.46. The highest BCUT2D eigenvalue weighted by atomic mass is 79.9. The molecule has 2 rings (SSSR count). The maximum absolute atomic E-state index is 5.61. The van der Waals surface area contributed by atoms with Gasteiger partial charge in [0.2, 0.25) is 0 Å². The maximum Gasteiger partial charge on any atom is 0.147 e. The van der Waals surface area contributed by atoms with Crippen LogP contribution in [0.3, 0.4) is 0 Å². The highest BCUT2D eigenvalue weighted by molar-refractivity contribution is 9.11. The van der Waals surface area contributed by atoms with Gasteiger partial charge in [-0.25, -0.2) is 0 Å². The van der Waals surface area contributed by atoms with Gasteiger partial charge >= 0.3 is 0 Å². The lowest BCUT2D eigenvalue weighted by Crippen LogP contribution is -2.40. The lowest BCUT2D eigenvalue weighted by Gasteiger charge is -2.29. The number of piperidine rings is 1. The second-order valence-corrected chi connectivity index (χ2v) is 6.99. The first-order valence-corrected chi connectivity index (χ1v) is 8.71. The summed E-state index contributed by atoms with van der Waals surface area (Å²) in [5.74, 6) is 0.885. The molecule has 1 aliphatic rings. The third-order valence-corrected chi connectivity index (χ3v) is 4.84. The summed E-state index contributed by atoms with van der Waals surface area (Å²) >= 11 is 7.17. The van der Waals surface area contributed by atoms with E-state index in [1.165, 1.54) is 31.5 Å². The molecule has 0 atom stereocenters. The van der Waals surface area contributed by atoms with Crippen LogP contribution in [0.2, 0.25) is 0 Å². The average Bonchev–Trinajstić information content (AvgIpc) is 2.42. The number of ether oxygens (including phenoxy) is 1. The Hall–Kier alpha value is -0.100. The molecule has 1 aromatic carbocycles. The molecule has 112 valence electrons. The molecule has 0 unspecified atom stereocenters. The topological polar surface area (TPSA) is 24.5 Å². The second-order valence-electron chi connectivity index (χ2n) is 5.28. The summed E-state index contributed by atoms with van der Waals surface area (Å²) in [6.45, 7) is 5.94. The van der Waals surface area contributed by atoms with Crippen molar-refractivity contribution in [1.29, 1.82) is 0 Å². The molecule has 0 radical (unpaired) electrons. The Bertz CT molecular complexity index is 422. The molecule has 0 saturated carbocycles. The smallest absolute Gasteiger partial charge is 0.147 e. The van der Waals surface area contributed by atoms with Crippen molar-refractivity contribution in [3.05, 3.63) is 26.6 Å². The van der Waals surface area contributed by atoms with Crippen LogP contribution in [0.15, 0.2) is 21.1 Å². The molecule has 0 aromatic heterocycles. The van der Waals surface area contributed by atoms with Gasteiger partial charge in [-0.2, -0.15) is 0 Å². The van der Waals surface area contributed by atoms with Crippen LogP contribution in [0.25, 0.3) is 0 Å². The van der Waals surface area contributed by atoms with E-state index in [4.69, 9.17) is 4.74 Å². The van der Waals surface area contributed by atoms with Crippen LogP contribution in [0.5, 0.6) is 5.75 Å². The standard InChI is InChI=1S/C15H22Br2N2O/c1-3-20-15-13(16)8-11(9-14(15)17)10-18-12-4-6-19(2)7-5-12/h8-9,12,18H,3-7,10H2,1-2H3. The van der Waals surface area contributed by atoms with Crippen molar-refractivity contribution < 1.29 is 4.74 Å². The zero-order chi connectivity index (χ0) is 14.5. The molecule has 1 aliphatic heterocycles. The molecule has 1 fully saturated rings. The minimum Gasteiger partial charge on any atom is -0.492 e. The van der Waals surface area contributed by atoms with Gasteiger partial charge in [0.25, 0.3) is 0 Å². The van der Waals surface area contributed by atoms with Crippen molar-refractivity contribution in [2.75, 3.05) is 26.7 Å². The minimum atomic E-state index is 0.635. The van der Waals surface area contributed by atoms with Crippen LogP contribution in [0.4, 0.5) is 0 Å². The van der Waals surface area contributed by atoms with E-state index in [2.05, 4.69) is 61.3 Å². The van der Waals surface area contributed by atoms with Crippen molar-refractivity contribution in [1.82, 2.24) is 10.2 Å². The Labute approximate surface area is 138 Å². The molecule has 0 spiro atoms. The highest BCUT2D eigenvalue weighted by Gasteiger charge is 2.16. The minimum absolute atomic E-state index is 0.635. The molecule has 1 aromatic rings. The van der Waals surface area contributed by atoms with Gasteiger partial charge < -0.3 is 15.0 Å². The van der Waals surface area contributed by atoms with E-state index < -0.39 is 0 Å². The first kappa shape index (κ1) is 16.3. The van der Waals surface area contributed by atoms with E-state index in [1.54, 1.807) is 0 Å². The first-order valence-electron chi connectivity index (χ1n) is 7.12. The lowest BCUT2D eigenvalue weighted by molar-refractivity contribution is 0.234. The largest absolute Gasteiger partial charge is 0.492 e. The zero-order valence-electron chi connectivity index (χ0n) is 12.1. The molecule has 0 bridgehead atoms. The summed E-state index contributed by atoms with van der Waals surface area (Å²) in [6, 6.07) is 4.91. The Balaban J connectivity index is 1.93. The fraction of sp³-hybridized carbons (Fsp3) is 0.600. The Kier molecular flexibility index (Phi) is 6.33. The van der Waals surface area contributed by atoms with Gasteiger partial charge in [0.05, 0.1) is 15.6 Å². The Morgan fingerprint density at radius 2 is 1.85 bits per heavy atom. The summed E-state index contributed by atoms with van der Waals surface area (Å²) in [5, 5.41) is 3.66. The molecule has 20 heavy (non-hydrogen) atoms. The number of halogens is 2. The number of benzene rings is 1. The Morgan fingerprint density at radius 3 is 2.40 bits per heavy atom. The van der Waals surface area contributed by atoms with Crippen molar-refractivity contribution in [3.63, 3.8) is 0 Å². The summed E-state index contributed by atoms with van der Waals surface area (Å²) in [5.41, 5.74) is 1.27. The van der Waals surface area contributed by atoms with Gasteiger partial charge in [-0.3, -0.25) is 0 Å². The van der Waals surface area contributed by atoms with E-state index in [0.717, 1.165) is 21.2 Å².